The smallest absolute Gasteiger partial charge is 0.311 e. The molecule has 0 unspecified atom stereocenters. The van der Waals surface area contributed by atoms with Gasteiger partial charge < -0.3 is 9.84 Å². The Hall–Kier alpha value is -1.53. The predicted octanol–water partition coefficient (Wildman–Crippen LogP) is 0.865. The van der Waals surface area contributed by atoms with Crippen LogP contribution in [0.5, 0.6) is 0 Å². The molecule has 0 amide bonds. The molecule has 0 aromatic heterocycles. The first-order valence-corrected chi connectivity index (χ1v) is 3.97. The molecule has 0 saturated carbocycles. The quantitative estimate of drug-likeness (QED) is 0.568. The molecule has 1 N–H and O–H groups in total. The van der Waals surface area contributed by atoms with E-state index in [1.54, 1.807) is 6.92 Å². The number of ether oxygens (including phenoxy) is 1. The normalized spacial score (nSPS) is 8.87. The van der Waals surface area contributed by atoms with Crippen molar-refractivity contribution in [1.29, 1.82) is 0 Å². The summed E-state index contributed by atoms with van der Waals surface area (Å²) in [5.41, 5.74) is 0. The number of aliphatic carboxylic acids is 1. The van der Waals surface area contributed by atoms with Crippen molar-refractivity contribution in [1.82, 2.24) is 0 Å². The minimum absolute atomic E-state index is 0.211. The van der Waals surface area contributed by atoms with Gasteiger partial charge in [-0.2, -0.15) is 0 Å². The zero-order valence-electron chi connectivity index (χ0n) is 8.33. The maximum Gasteiger partial charge on any atom is 0.311 e. The Bertz CT molecular complexity index is 227. The van der Waals surface area contributed by atoms with Gasteiger partial charge in [-0.25, -0.2) is 8.78 Å². The van der Waals surface area contributed by atoms with E-state index in [1.807, 2.05) is 0 Å². The van der Waals surface area contributed by atoms with Crippen molar-refractivity contribution in [2.24, 2.45) is 0 Å². The maximum absolute atomic E-state index is 11.2. The van der Waals surface area contributed by atoms with Crippen LogP contribution in [-0.2, 0) is 19.1 Å². The van der Waals surface area contributed by atoms with E-state index in [-0.39, 0.29) is 5.97 Å². The molecule has 0 fully saturated rings. The summed E-state index contributed by atoms with van der Waals surface area (Å²) in [6.07, 6.45) is -4.27. The number of alkyl halides is 2. The number of esters is 1. The molecule has 0 spiro atoms. The van der Waals surface area contributed by atoms with Crippen molar-refractivity contribution in [2.45, 2.75) is 26.7 Å². The first-order valence-electron chi connectivity index (χ1n) is 3.97. The summed E-state index contributed by atoms with van der Waals surface area (Å²) < 4.78 is 26.8. The van der Waals surface area contributed by atoms with Crippen molar-refractivity contribution < 1.29 is 33.0 Å². The minimum atomic E-state index is -3.17. The van der Waals surface area contributed by atoms with Gasteiger partial charge in [0.2, 0.25) is 5.78 Å². The topological polar surface area (TPSA) is 80.7 Å². The monoisotopic (exact) mass is 226 g/mol. The van der Waals surface area contributed by atoms with E-state index < -0.39 is 24.6 Å². The molecule has 5 nitrogen and oxygen atoms in total. The average molecular weight is 226 g/mol. The molecule has 0 aliphatic carbocycles. The molecular formula is C8H12F2O5. The second kappa shape index (κ2) is 9.04. The zero-order chi connectivity index (χ0) is 12.4. The van der Waals surface area contributed by atoms with Gasteiger partial charge in [0.25, 0.3) is 6.43 Å². The van der Waals surface area contributed by atoms with Crippen LogP contribution in [0.3, 0.4) is 0 Å². The zero-order valence-corrected chi connectivity index (χ0v) is 8.33. The molecule has 0 rings (SSSR count). The van der Waals surface area contributed by atoms with Gasteiger partial charge in [-0.1, -0.05) is 0 Å². The molecule has 0 aromatic carbocycles. The van der Waals surface area contributed by atoms with Crippen molar-refractivity contribution in [2.75, 3.05) is 6.61 Å². The van der Waals surface area contributed by atoms with Gasteiger partial charge >= 0.3 is 11.9 Å². The molecule has 0 heterocycles. The van der Waals surface area contributed by atoms with Crippen molar-refractivity contribution in [3.8, 4) is 0 Å². The Morgan fingerprint density at radius 2 is 1.80 bits per heavy atom. The number of carbonyl (C=O) groups excluding carboxylic acids is 2. The van der Waals surface area contributed by atoms with Crippen LogP contribution in [0.4, 0.5) is 8.78 Å². The number of carbonyl (C=O) groups is 3. The number of Topliss-reactive ketones (excluding diaryl/α,β-unsaturated/α-hetero) is 1. The highest BCUT2D eigenvalue weighted by Crippen LogP contribution is 1.97. The molecule has 0 aliphatic rings. The first kappa shape index (κ1) is 15.9. The maximum atomic E-state index is 11.2. The summed E-state index contributed by atoms with van der Waals surface area (Å²) >= 11 is 0. The Kier molecular flexibility index (Phi) is 9.60. The average Bonchev–Trinajstić information content (AvgIpc) is 2.03. The van der Waals surface area contributed by atoms with Gasteiger partial charge in [0.05, 0.1) is 6.61 Å². The molecule has 0 radical (unpaired) electrons. The van der Waals surface area contributed by atoms with E-state index in [0.717, 1.165) is 0 Å². The van der Waals surface area contributed by atoms with Crippen LogP contribution in [0, 0.1) is 0 Å². The van der Waals surface area contributed by atoms with Crippen LogP contribution in [-0.4, -0.2) is 35.9 Å². The fourth-order valence-corrected chi connectivity index (χ4v) is 0.429. The molecule has 0 aromatic rings. The van der Waals surface area contributed by atoms with Gasteiger partial charge in [-0.05, 0) is 6.92 Å². The van der Waals surface area contributed by atoms with Gasteiger partial charge in [-0.3, -0.25) is 14.4 Å². The van der Waals surface area contributed by atoms with Crippen LogP contribution in [0.25, 0.3) is 0 Å². The van der Waals surface area contributed by atoms with Crippen LogP contribution in [0.15, 0.2) is 0 Å². The van der Waals surface area contributed by atoms with Crippen LogP contribution in [0.2, 0.25) is 0 Å². The Balaban J connectivity index is 0. The largest absolute Gasteiger partial charge is 0.481 e. The molecule has 0 atom stereocenters. The third-order valence-corrected chi connectivity index (χ3v) is 0.916. The SMILES string of the molecule is CCOC(C)=O.O=C(O)CC(=O)C(F)F. The van der Waals surface area contributed by atoms with E-state index in [4.69, 9.17) is 5.11 Å². The second-order valence-electron chi connectivity index (χ2n) is 2.26. The number of rotatable bonds is 4. The third-order valence-electron chi connectivity index (χ3n) is 0.916. The summed E-state index contributed by atoms with van der Waals surface area (Å²) in [6, 6.07) is 0. The summed E-state index contributed by atoms with van der Waals surface area (Å²) in [7, 11) is 0. The van der Waals surface area contributed by atoms with Gasteiger partial charge in [-0.15, -0.1) is 0 Å². The third kappa shape index (κ3) is 15.2. The standard InChI is InChI=1S/C4H4F2O3.C4H8O2/c5-4(6)2(7)1-3(8)9;1-3-6-4(2)5/h4H,1H2,(H,8,9);3H2,1-2H3. The van der Waals surface area contributed by atoms with E-state index in [1.165, 1.54) is 6.92 Å². The van der Waals surface area contributed by atoms with Crippen LogP contribution < -0.4 is 0 Å². The number of hydrogen-bond donors (Lipinski definition) is 1. The first-order chi connectivity index (χ1) is 6.81. The summed E-state index contributed by atoms with van der Waals surface area (Å²) in [5, 5.41) is 7.78. The number of ketones is 1. The lowest BCUT2D eigenvalue weighted by Gasteiger charge is -1.91. The lowest BCUT2D eigenvalue weighted by atomic mass is 10.3. The molecular weight excluding hydrogens is 214 g/mol. The van der Waals surface area contributed by atoms with Gasteiger partial charge in [0.15, 0.2) is 0 Å². The van der Waals surface area contributed by atoms with Crippen molar-refractivity contribution in [3.05, 3.63) is 0 Å². The molecule has 7 heteroatoms. The summed E-state index contributed by atoms with van der Waals surface area (Å²) in [5.74, 6) is -3.29. The van der Waals surface area contributed by atoms with Crippen LogP contribution >= 0.6 is 0 Å². The lowest BCUT2D eigenvalue weighted by Crippen LogP contribution is -2.14. The van der Waals surface area contributed by atoms with E-state index >= 15 is 0 Å². The number of hydrogen-bond acceptors (Lipinski definition) is 4. The van der Waals surface area contributed by atoms with E-state index in [2.05, 4.69) is 4.74 Å². The number of carboxylic acids is 1. The lowest BCUT2D eigenvalue weighted by molar-refractivity contribution is -0.144. The molecule has 0 bridgehead atoms. The summed E-state index contributed by atoms with van der Waals surface area (Å²) in [4.78, 5) is 29.2. The van der Waals surface area contributed by atoms with Gasteiger partial charge in [0.1, 0.15) is 6.42 Å². The van der Waals surface area contributed by atoms with Gasteiger partial charge in [0, 0.05) is 6.92 Å². The second-order valence-corrected chi connectivity index (χ2v) is 2.26. The Morgan fingerprint density at radius 3 is 1.87 bits per heavy atom. The molecule has 88 valence electrons. The fourth-order valence-electron chi connectivity index (χ4n) is 0.429. The minimum Gasteiger partial charge on any atom is -0.481 e. The number of carboxylic acid groups (broad SMARTS) is 1. The molecule has 15 heavy (non-hydrogen) atoms. The van der Waals surface area contributed by atoms with Crippen molar-refractivity contribution >= 4 is 17.7 Å². The van der Waals surface area contributed by atoms with Crippen molar-refractivity contribution in [3.63, 3.8) is 0 Å². The highest BCUT2D eigenvalue weighted by molar-refractivity contribution is 5.96. The molecule has 0 saturated heterocycles. The predicted molar refractivity (Wildman–Crippen MR) is 45.6 cm³/mol. The highest BCUT2D eigenvalue weighted by Gasteiger charge is 2.17. The summed E-state index contributed by atoms with van der Waals surface area (Å²) in [6.45, 7) is 3.65. The Morgan fingerprint density at radius 1 is 1.33 bits per heavy atom. The van der Waals surface area contributed by atoms with E-state index in [9.17, 15) is 23.2 Å². The highest BCUT2D eigenvalue weighted by atomic mass is 19.3. The van der Waals surface area contributed by atoms with E-state index in [0.29, 0.717) is 6.61 Å². The Labute approximate surface area is 85.0 Å². The molecule has 0 aliphatic heterocycles. The number of halogens is 2. The van der Waals surface area contributed by atoms with Crippen LogP contribution in [0.1, 0.15) is 20.3 Å². The fraction of sp³-hybridized carbons (Fsp3) is 0.625.